The van der Waals surface area contributed by atoms with Crippen molar-refractivity contribution < 1.29 is 9.59 Å². The highest BCUT2D eigenvalue weighted by Crippen LogP contribution is 2.29. The van der Waals surface area contributed by atoms with Crippen LogP contribution in [0.1, 0.15) is 63.5 Å². The number of hydrogen-bond donors (Lipinski definition) is 2. The first-order valence-electron chi connectivity index (χ1n) is 15.0. The molecule has 0 aliphatic carbocycles. The van der Waals surface area contributed by atoms with Crippen LogP contribution in [0.4, 0.5) is 5.13 Å². The Hall–Kier alpha value is -2.72. The number of carbonyl (C=O) groups excluding carboxylic acids is 2. The summed E-state index contributed by atoms with van der Waals surface area (Å²) in [5, 5.41) is 13.0. The maximum absolute atomic E-state index is 14.0. The van der Waals surface area contributed by atoms with Gasteiger partial charge in [0.15, 0.2) is 0 Å². The standard InChI is InChI=1S/C32H42Cl2N6O2S/c1-21(2)14-27-19-40(31(42)29(35)16-24-11-12-25(33)17-28(24)34)26(10-7-13-36-32-38-37-20-43-32)18-39(27)30(41)15-22(3)23-8-5-4-6-9-23/h4-6,8-9,11-12,17,20-22,26-27,29H,7,10,13-16,18-19,35H2,1-3H3,(H,36,38)/t22-,26?,27+,29+/m0/s1. The van der Waals surface area contributed by atoms with Crippen LogP contribution in [-0.4, -0.2) is 69.6 Å². The van der Waals surface area contributed by atoms with Gasteiger partial charge in [-0.2, -0.15) is 0 Å². The van der Waals surface area contributed by atoms with Crippen molar-refractivity contribution in [2.24, 2.45) is 11.7 Å². The summed E-state index contributed by atoms with van der Waals surface area (Å²) < 4.78 is 0. The molecule has 1 aliphatic heterocycles. The van der Waals surface area contributed by atoms with Crippen LogP contribution in [0.25, 0.3) is 0 Å². The third-order valence-electron chi connectivity index (χ3n) is 8.02. The molecule has 11 heteroatoms. The van der Waals surface area contributed by atoms with Gasteiger partial charge < -0.3 is 20.9 Å². The predicted octanol–water partition coefficient (Wildman–Crippen LogP) is 6.25. The highest BCUT2D eigenvalue weighted by atomic mass is 35.5. The minimum Gasteiger partial charge on any atom is -0.360 e. The van der Waals surface area contributed by atoms with Gasteiger partial charge in [0, 0.05) is 48.2 Å². The molecule has 0 saturated carbocycles. The maximum atomic E-state index is 14.0. The largest absolute Gasteiger partial charge is 0.360 e. The molecule has 4 rings (SSSR count). The number of hydrogen-bond acceptors (Lipinski definition) is 7. The quantitative estimate of drug-likeness (QED) is 0.213. The van der Waals surface area contributed by atoms with E-state index >= 15 is 0 Å². The molecule has 1 fully saturated rings. The Balaban J connectivity index is 1.52. The zero-order chi connectivity index (χ0) is 30.9. The van der Waals surface area contributed by atoms with E-state index in [1.165, 1.54) is 11.3 Å². The summed E-state index contributed by atoms with van der Waals surface area (Å²) in [5.41, 5.74) is 10.2. The summed E-state index contributed by atoms with van der Waals surface area (Å²) >= 11 is 13.9. The second-order valence-electron chi connectivity index (χ2n) is 11.8. The molecule has 0 spiro atoms. The molecule has 0 radical (unpaired) electrons. The van der Waals surface area contributed by atoms with Gasteiger partial charge in [-0.25, -0.2) is 0 Å². The Morgan fingerprint density at radius 3 is 2.49 bits per heavy atom. The molecule has 1 aromatic heterocycles. The minimum absolute atomic E-state index is 0.0819. The van der Waals surface area contributed by atoms with Crippen LogP contribution in [0.5, 0.6) is 0 Å². The highest BCUT2D eigenvalue weighted by molar-refractivity contribution is 7.13. The number of benzene rings is 2. The summed E-state index contributed by atoms with van der Waals surface area (Å²) in [5.74, 6) is 0.466. The number of carbonyl (C=O) groups is 2. The molecule has 3 aromatic rings. The lowest BCUT2D eigenvalue weighted by Gasteiger charge is -2.48. The topological polar surface area (TPSA) is 104 Å². The first kappa shape index (κ1) is 33.2. The zero-order valence-electron chi connectivity index (χ0n) is 25.1. The van der Waals surface area contributed by atoms with Crippen molar-refractivity contribution in [3.05, 3.63) is 75.2 Å². The average molecular weight is 646 g/mol. The van der Waals surface area contributed by atoms with E-state index in [2.05, 4.69) is 48.4 Å². The van der Waals surface area contributed by atoms with Crippen molar-refractivity contribution >= 4 is 51.5 Å². The Bertz CT molecular complexity index is 1330. The first-order valence-corrected chi connectivity index (χ1v) is 16.6. The van der Waals surface area contributed by atoms with Crippen molar-refractivity contribution in [3.63, 3.8) is 0 Å². The Morgan fingerprint density at radius 1 is 1.07 bits per heavy atom. The van der Waals surface area contributed by atoms with Crippen LogP contribution in [0.3, 0.4) is 0 Å². The van der Waals surface area contributed by atoms with Gasteiger partial charge in [-0.1, -0.05) is 91.7 Å². The van der Waals surface area contributed by atoms with Crippen LogP contribution in [-0.2, 0) is 16.0 Å². The molecule has 1 unspecified atom stereocenters. The SMILES string of the molecule is CC(C)C[C@@H]1CN(C(=O)[C@H](N)Cc2ccc(Cl)cc2Cl)C(CCCNc2nncs2)CN1C(=O)C[C@H](C)c1ccccc1. The number of anilines is 1. The Labute approximate surface area is 268 Å². The molecule has 43 heavy (non-hydrogen) atoms. The van der Waals surface area contributed by atoms with Crippen LogP contribution < -0.4 is 11.1 Å². The lowest BCUT2D eigenvalue weighted by atomic mass is 9.92. The van der Waals surface area contributed by atoms with Gasteiger partial charge in [0.25, 0.3) is 0 Å². The fourth-order valence-corrected chi connectivity index (χ4v) is 6.76. The van der Waals surface area contributed by atoms with Gasteiger partial charge in [0.05, 0.1) is 6.04 Å². The summed E-state index contributed by atoms with van der Waals surface area (Å²) in [6.07, 6.45) is 3.05. The summed E-state index contributed by atoms with van der Waals surface area (Å²) in [4.78, 5) is 31.8. The van der Waals surface area contributed by atoms with Gasteiger partial charge in [-0.3, -0.25) is 9.59 Å². The van der Waals surface area contributed by atoms with Crippen LogP contribution >= 0.6 is 34.5 Å². The van der Waals surface area contributed by atoms with Crippen LogP contribution in [0.15, 0.2) is 54.0 Å². The van der Waals surface area contributed by atoms with Crippen molar-refractivity contribution in [1.29, 1.82) is 0 Å². The van der Waals surface area contributed by atoms with E-state index in [1.807, 2.05) is 34.1 Å². The average Bonchev–Trinajstić information content (AvgIpc) is 3.50. The number of piperazine rings is 1. The summed E-state index contributed by atoms with van der Waals surface area (Å²) in [6, 6.07) is 14.4. The molecule has 4 atom stereocenters. The molecule has 1 saturated heterocycles. The van der Waals surface area contributed by atoms with E-state index in [-0.39, 0.29) is 29.8 Å². The second-order valence-corrected chi connectivity index (χ2v) is 13.5. The second kappa shape index (κ2) is 15.8. The van der Waals surface area contributed by atoms with E-state index < -0.39 is 6.04 Å². The minimum atomic E-state index is -0.763. The predicted molar refractivity (Wildman–Crippen MR) is 176 cm³/mol. The van der Waals surface area contributed by atoms with E-state index in [4.69, 9.17) is 28.9 Å². The van der Waals surface area contributed by atoms with Crippen molar-refractivity contribution in [1.82, 2.24) is 20.0 Å². The summed E-state index contributed by atoms with van der Waals surface area (Å²) in [7, 11) is 0. The van der Waals surface area contributed by atoms with E-state index in [9.17, 15) is 9.59 Å². The van der Waals surface area contributed by atoms with E-state index in [0.29, 0.717) is 48.4 Å². The van der Waals surface area contributed by atoms with Crippen LogP contribution in [0.2, 0.25) is 10.0 Å². The lowest BCUT2D eigenvalue weighted by Crippen LogP contribution is -2.63. The molecule has 2 amide bonds. The molecular formula is C32H42Cl2N6O2S. The van der Waals surface area contributed by atoms with Gasteiger partial charge in [0.2, 0.25) is 16.9 Å². The molecule has 232 valence electrons. The molecule has 1 aliphatic rings. The van der Waals surface area contributed by atoms with Gasteiger partial charge >= 0.3 is 0 Å². The van der Waals surface area contributed by atoms with E-state index in [0.717, 1.165) is 35.5 Å². The maximum Gasteiger partial charge on any atom is 0.240 e. The fourth-order valence-electron chi connectivity index (χ4n) is 5.80. The number of aromatic nitrogens is 2. The first-order chi connectivity index (χ1) is 20.6. The van der Waals surface area contributed by atoms with Crippen molar-refractivity contribution in [2.45, 2.75) is 76.9 Å². The molecule has 3 N–H and O–H groups in total. The molecule has 0 bridgehead atoms. The normalized spacial score (nSPS) is 18.5. The number of halogens is 2. The summed E-state index contributed by atoms with van der Waals surface area (Å²) in [6.45, 7) is 8.04. The zero-order valence-corrected chi connectivity index (χ0v) is 27.4. The molecule has 2 aromatic carbocycles. The van der Waals surface area contributed by atoms with Gasteiger partial charge in [0.1, 0.15) is 5.51 Å². The third kappa shape index (κ3) is 9.38. The van der Waals surface area contributed by atoms with Crippen molar-refractivity contribution in [2.75, 3.05) is 25.0 Å². The third-order valence-corrected chi connectivity index (χ3v) is 9.25. The number of nitrogens with zero attached hydrogens (tertiary/aromatic N) is 4. The highest BCUT2D eigenvalue weighted by Gasteiger charge is 2.40. The van der Waals surface area contributed by atoms with Gasteiger partial charge in [-0.15, -0.1) is 10.2 Å². The van der Waals surface area contributed by atoms with Crippen molar-refractivity contribution in [3.8, 4) is 0 Å². The number of rotatable bonds is 13. The number of nitrogens with one attached hydrogen (secondary N) is 1. The number of amides is 2. The molecule has 8 nitrogen and oxygen atoms in total. The Morgan fingerprint density at radius 2 is 1.81 bits per heavy atom. The van der Waals surface area contributed by atoms with Gasteiger partial charge in [-0.05, 0) is 60.8 Å². The lowest BCUT2D eigenvalue weighted by molar-refractivity contribution is -0.148. The van der Waals surface area contributed by atoms with Crippen LogP contribution in [0, 0.1) is 5.92 Å². The molecular weight excluding hydrogens is 603 g/mol. The number of nitrogens with two attached hydrogens (primary N) is 1. The van der Waals surface area contributed by atoms with E-state index in [1.54, 1.807) is 17.6 Å². The Kier molecular flexibility index (Phi) is 12.2. The smallest absolute Gasteiger partial charge is 0.240 e. The monoisotopic (exact) mass is 644 g/mol. The fraction of sp³-hybridized carbons (Fsp3) is 0.500. The molecule has 2 heterocycles.